The number of hydrogen-bond donors (Lipinski definition) is 2. The lowest BCUT2D eigenvalue weighted by Crippen LogP contribution is -2.52. The molecule has 0 fully saturated rings. The number of benzene rings is 1. The first kappa shape index (κ1) is 26.5. The summed E-state index contributed by atoms with van der Waals surface area (Å²) in [6.45, 7) is 6.02. The molecule has 0 aliphatic rings. The van der Waals surface area contributed by atoms with Crippen molar-refractivity contribution in [1.29, 1.82) is 0 Å². The van der Waals surface area contributed by atoms with Crippen LogP contribution in [0.15, 0.2) is 29.2 Å². The molecular weight excluding hydrogens is 451 g/mol. The van der Waals surface area contributed by atoms with Gasteiger partial charge in [0, 0.05) is 6.42 Å². The van der Waals surface area contributed by atoms with E-state index in [1.54, 1.807) is 20.8 Å². The van der Waals surface area contributed by atoms with Crippen LogP contribution >= 0.6 is 10.2 Å². The summed E-state index contributed by atoms with van der Waals surface area (Å²) in [7, 11) is -8.74. The van der Waals surface area contributed by atoms with Gasteiger partial charge in [0.15, 0.2) is 0 Å². The van der Waals surface area contributed by atoms with E-state index in [0.29, 0.717) is 0 Å². The van der Waals surface area contributed by atoms with Gasteiger partial charge in [-0.1, -0.05) is 31.6 Å². The van der Waals surface area contributed by atoms with Gasteiger partial charge in [-0.25, -0.2) is 9.59 Å². The fourth-order valence-corrected chi connectivity index (χ4v) is 2.98. The quantitative estimate of drug-likeness (QED) is 0.448. The maximum absolute atomic E-state index is 12.9. The highest BCUT2D eigenvalue weighted by Crippen LogP contribution is 3.02. The minimum atomic E-state index is -9.84. The molecule has 0 bridgehead atoms. The van der Waals surface area contributed by atoms with Gasteiger partial charge in [-0.05, 0) is 45.4 Å². The van der Waals surface area contributed by atoms with Crippen LogP contribution in [0.25, 0.3) is 0 Å². The Labute approximate surface area is 176 Å². The molecule has 13 heteroatoms. The molecule has 2 N–H and O–H groups in total. The number of ether oxygens (including phenoxy) is 2. The molecular formula is C18H25F5N2O5S. The first-order valence-electron chi connectivity index (χ1n) is 8.92. The van der Waals surface area contributed by atoms with Crippen molar-refractivity contribution in [2.24, 2.45) is 0 Å². The highest BCUT2D eigenvalue weighted by molar-refractivity contribution is 8.45. The van der Waals surface area contributed by atoms with Crippen LogP contribution in [0.4, 0.5) is 24.2 Å². The molecule has 0 aliphatic carbocycles. The molecule has 7 nitrogen and oxygen atoms in total. The topological polar surface area (TPSA) is 93.7 Å². The molecule has 0 saturated carbocycles. The SMILES string of the molecule is COC(=O)[C@H](C)NC(=O)[C@@H](Cc1ccc(S(F)(F)(F)(F)F)cc1)NC(=O)OC(C)(C)C. The number of methoxy groups -OCH3 is 1. The van der Waals surface area contributed by atoms with Gasteiger partial charge in [0.05, 0.1) is 7.11 Å². The Bertz CT molecular complexity index is 838. The Hall–Kier alpha value is -2.57. The lowest BCUT2D eigenvalue weighted by atomic mass is 10.0. The molecule has 0 aliphatic heterocycles. The van der Waals surface area contributed by atoms with Crippen molar-refractivity contribution in [3.63, 3.8) is 0 Å². The maximum atomic E-state index is 12.9. The van der Waals surface area contributed by atoms with Crippen LogP contribution in [-0.4, -0.2) is 42.8 Å². The minimum Gasteiger partial charge on any atom is -0.467 e. The summed E-state index contributed by atoms with van der Waals surface area (Å²) in [4.78, 5) is 34.0. The van der Waals surface area contributed by atoms with Crippen LogP contribution < -0.4 is 10.6 Å². The number of hydrogen-bond acceptors (Lipinski definition) is 5. The molecule has 1 rings (SSSR count). The zero-order valence-electron chi connectivity index (χ0n) is 17.5. The van der Waals surface area contributed by atoms with Crippen molar-refractivity contribution in [2.75, 3.05) is 7.11 Å². The lowest BCUT2D eigenvalue weighted by molar-refractivity contribution is -0.144. The molecule has 0 radical (unpaired) electrons. The van der Waals surface area contributed by atoms with Crippen LogP contribution in [0.3, 0.4) is 0 Å². The van der Waals surface area contributed by atoms with Gasteiger partial charge in [0.1, 0.15) is 22.6 Å². The summed E-state index contributed by atoms with van der Waals surface area (Å²) in [5.74, 6) is -1.63. The maximum Gasteiger partial charge on any atom is 0.408 e. The Morgan fingerprint density at radius 2 is 1.52 bits per heavy atom. The second-order valence-electron chi connectivity index (χ2n) is 7.77. The van der Waals surface area contributed by atoms with Crippen LogP contribution in [0.1, 0.15) is 33.3 Å². The highest BCUT2D eigenvalue weighted by Gasteiger charge is 2.65. The molecule has 2 amide bonds. The van der Waals surface area contributed by atoms with E-state index in [2.05, 4.69) is 15.4 Å². The molecule has 1 aromatic rings. The second kappa shape index (κ2) is 8.17. The Morgan fingerprint density at radius 3 is 1.94 bits per heavy atom. The van der Waals surface area contributed by atoms with Crippen molar-refractivity contribution in [2.45, 2.75) is 56.7 Å². The number of amides is 2. The van der Waals surface area contributed by atoms with E-state index in [9.17, 15) is 33.8 Å². The molecule has 2 atom stereocenters. The van der Waals surface area contributed by atoms with Gasteiger partial charge in [-0.2, -0.15) is 0 Å². The molecule has 0 heterocycles. The fraction of sp³-hybridized carbons (Fsp3) is 0.500. The summed E-state index contributed by atoms with van der Waals surface area (Å²) in [6.07, 6.45) is -1.36. The Kier molecular flexibility index (Phi) is 6.97. The zero-order valence-corrected chi connectivity index (χ0v) is 18.3. The van der Waals surface area contributed by atoms with E-state index in [1.807, 2.05) is 0 Å². The zero-order chi connectivity index (χ0) is 24.3. The van der Waals surface area contributed by atoms with Crippen LogP contribution in [0.2, 0.25) is 0 Å². The van der Waals surface area contributed by atoms with E-state index < -0.39 is 50.8 Å². The van der Waals surface area contributed by atoms with Gasteiger partial charge in [-0.15, -0.1) is 0 Å². The molecule has 0 aromatic heterocycles. The van der Waals surface area contributed by atoms with Crippen molar-refractivity contribution in [1.82, 2.24) is 10.6 Å². The molecule has 31 heavy (non-hydrogen) atoms. The van der Waals surface area contributed by atoms with Gasteiger partial charge >= 0.3 is 22.3 Å². The van der Waals surface area contributed by atoms with Crippen LogP contribution in [0.5, 0.6) is 0 Å². The molecule has 0 spiro atoms. The van der Waals surface area contributed by atoms with Crippen molar-refractivity contribution < 1.29 is 43.3 Å². The number of nitrogens with one attached hydrogen (secondary N) is 2. The second-order valence-corrected chi connectivity index (χ2v) is 10.2. The summed E-state index contributed by atoms with van der Waals surface area (Å²) >= 11 is 0. The summed E-state index contributed by atoms with van der Waals surface area (Å²) in [5.41, 5.74) is -0.860. The third kappa shape index (κ3) is 8.99. The third-order valence-electron chi connectivity index (χ3n) is 3.73. The van der Waals surface area contributed by atoms with Gasteiger partial charge in [-0.3, -0.25) is 4.79 Å². The first-order valence-corrected chi connectivity index (χ1v) is 10.9. The van der Waals surface area contributed by atoms with Gasteiger partial charge < -0.3 is 20.1 Å². The number of carbonyl (C=O) groups excluding carboxylic acids is 3. The number of rotatable bonds is 7. The molecule has 0 unspecified atom stereocenters. The number of carbonyl (C=O) groups is 3. The first-order chi connectivity index (χ1) is 13.7. The van der Waals surface area contributed by atoms with E-state index in [-0.39, 0.29) is 24.1 Å². The fourth-order valence-electron chi connectivity index (χ4n) is 2.33. The normalized spacial score (nSPS) is 16.2. The van der Waals surface area contributed by atoms with Gasteiger partial charge in [0.25, 0.3) is 0 Å². The predicted molar refractivity (Wildman–Crippen MR) is 104 cm³/mol. The summed E-state index contributed by atoms with van der Waals surface area (Å²) in [5, 5.41) is 4.54. The molecule has 1 aromatic carbocycles. The minimum absolute atomic E-state index is 0.0486. The van der Waals surface area contributed by atoms with E-state index in [4.69, 9.17) is 4.74 Å². The Balaban J connectivity index is 3.10. The monoisotopic (exact) mass is 476 g/mol. The Morgan fingerprint density at radius 1 is 1.00 bits per heavy atom. The molecule has 0 saturated heterocycles. The molecule has 178 valence electrons. The number of esters is 1. The van der Waals surface area contributed by atoms with Gasteiger partial charge in [0.2, 0.25) is 5.91 Å². The summed E-state index contributed by atoms with van der Waals surface area (Å²) in [6, 6.07) is -0.516. The smallest absolute Gasteiger partial charge is 0.408 e. The summed E-state index contributed by atoms with van der Waals surface area (Å²) < 4.78 is 73.9. The van der Waals surface area contributed by atoms with Crippen molar-refractivity contribution >= 4 is 28.2 Å². The van der Waals surface area contributed by atoms with E-state index in [1.165, 1.54) is 6.92 Å². The predicted octanol–water partition coefficient (Wildman–Crippen LogP) is 4.46. The number of halogens is 5. The van der Waals surface area contributed by atoms with Crippen molar-refractivity contribution in [3.05, 3.63) is 29.8 Å². The average Bonchev–Trinajstić information content (AvgIpc) is 2.57. The van der Waals surface area contributed by atoms with Crippen LogP contribution in [0, 0.1) is 0 Å². The van der Waals surface area contributed by atoms with Crippen molar-refractivity contribution in [3.8, 4) is 0 Å². The average molecular weight is 476 g/mol. The third-order valence-corrected chi connectivity index (χ3v) is 4.89. The number of alkyl carbamates (subject to hydrolysis) is 1. The van der Waals surface area contributed by atoms with E-state index in [0.717, 1.165) is 19.2 Å². The van der Waals surface area contributed by atoms with Crippen LogP contribution in [-0.2, 0) is 25.5 Å². The standard InChI is InChI=1S/C18H25F5N2O5S/c1-11(16(27)29-5)24-15(26)14(25-17(28)30-18(2,3)4)10-12-6-8-13(9-7-12)31(19,20,21,22)23/h6-9,11,14H,10H2,1-5H3,(H,24,26)(H,25,28)/t11-,14+/m0/s1. The highest BCUT2D eigenvalue weighted by atomic mass is 32.5. The van der Waals surface area contributed by atoms with E-state index >= 15 is 0 Å². The largest absolute Gasteiger partial charge is 0.467 e. The lowest BCUT2D eigenvalue weighted by Gasteiger charge is -2.40.